The van der Waals surface area contributed by atoms with Crippen LogP contribution in [-0.4, -0.2) is 48.7 Å². The summed E-state index contributed by atoms with van der Waals surface area (Å²) in [6, 6.07) is 0.535. The zero-order chi connectivity index (χ0) is 10.4. The normalized spacial score (nSPS) is 23.6. The van der Waals surface area contributed by atoms with Crippen LogP contribution >= 0.6 is 0 Å². The summed E-state index contributed by atoms with van der Waals surface area (Å²) in [6.45, 7) is 2.72. The van der Waals surface area contributed by atoms with Gasteiger partial charge in [0.2, 0.25) is 0 Å². The Morgan fingerprint density at radius 2 is 2.36 bits per heavy atom. The third-order valence-electron chi connectivity index (χ3n) is 2.80. The standard InChI is InChI=1S/C10H20N2O2/c1-11-8-9-4-2-3-6-12(9)7-5-10(13)14/h9,11H,2-8H2,1H3,(H,13,14)/t9-/m1/s1. The molecule has 0 radical (unpaired) electrons. The van der Waals surface area contributed by atoms with Gasteiger partial charge in [-0.1, -0.05) is 6.42 Å². The minimum absolute atomic E-state index is 0.264. The molecule has 1 saturated heterocycles. The molecule has 0 aliphatic carbocycles. The number of likely N-dealkylation sites (N-methyl/N-ethyl adjacent to an activating group) is 1. The van der Waals surface area contributed by atoms with Crippen molar-refractivity contribution < 1.29 is 9.90 Å². The van der Waals surface area contributed by atoms with E-state index in [0.29, 0.717) is 12.6 Å². The summed E-state index contributed by atoms with van der Waals surface area (Å²) in [7, 11) is 1.95. The average molecular weight is 200 g/mol. The molecule has 0 bridgehead atoms. The number of hydrogen-bond acceptors (Lipinski definition) is 3. The molecule has 0 unspecified atom stereocenters. The van der Waals surface area contributed by atoms with Crippen LogP contribution in [0.3, 0.4) is 0 Å². The molecule has 14 heavy (non-hydrogen) atoms. The van der Waals surface area contributed by atoms with Crippen LogP contribution in [0, 0.1) is 0 Å². The molecule has 1 rings (SSSR count). The Labute approximate surface area is 85.3 Å². The van der Waals surface area contributed by atoms with Crippen LogP contribution in [0.5, 0.6) is 0 Å². The maximum atomic E-state index is 10.5. The van der Waals surface area contributed by atoms with Crippen molar-refractivity contribution in [3.8, 4) is 0 Å². The van der Waals surface area contributed by atoms with E-state index in [1.54, 1.807) is 0 Å². The zero-order valence-electron chi connectivity index (χ0n) is 8.83. The molecular formula is C10H20N2O2. The maximum Gasteiger partial charge on any atom is 0.304 e. The lowest BCUT2D eigenvalue weighted by Crippen LogP contribution is -2.45. The first kappa shape index (κ1) is 11.5. The van der Waals surface area contributed by atoms with E-state index >= 15 is 0 Å². The van der Waals surface area contributed by atoms with E-state index in [-0.39, 0.29) is 6.42 Å². The highest BCUT2D eigenvalue weighted by molar-refractivity contribution is 5.66. The summed E-state index contributed by atoms with van der Waals surface area (Å²) in [5.74, 6) is -0.696. The van der Waals surface area contributed by atoms with Crippen molar-refractivity contribution in [3.63, 3.8) is 0 Å². The van der Waals surface area contributed by atoms with E-state index < -0.39 is 5.97 Å². The second kappa shape index (κ2) is 5.98. The van der Waals surface area contributed by atoms with Gasteiger partial charge in [-0.3, -0.25) is 9.69 Å². The Bertz CT molecular complexity index is 183. The SMILES string of the molecule is CNC[C@H]1CCCCN1CCC(=O)O. The summed E-state index contributed by atoms with van der Waals surface area (Å²) in [5.41, 5.74) is 0. The minimum Gasteiger partial charge on any atom is -0.481 e. The number of carboxylic acid groups (broad SMARTS) is 1. The molecule has 0 aromatic rings. The van der Waals surface area contributed by atoms with Crippen LogP contribution in [0.4, 0.5) is 0 Å². The van der Waals surface area contributed by atoms with E-state index in [1.165, 1.54) is 19.3 Å². The number of piperidine rings is 1. The Balaban J connectivity index is 2.33. The fraction of sp³-hybridized carbons (Fsp3) is 0.900. The van der Waals surface area contributed by atoms with E-state index in [1.807, 2.05) is 7.05 Å². The highest BCUT2D eigenvalue weighted by Crippen LogP contribution is 2.16. The lowest BCUT2D eigenvalue weighted by molar-refractivity contribution is -0.137. The molecule has 0 amide bonds. The molecule has 0 aromatic heterocycles. The number of carboxylic acids is 1. The van der Waals surface area contributed by atoms with Gasteiger partial charge in [0.15, 0.2) is 0 Å². The Morgan fingerprint density at radius 1 is 1.57 bits per heavy atom. The fourth-order valence-electron chi connectivity index (χ4n) is 2.06. The number of carbonyl (C=O) groups is 1. The molecule has 2 N–H and O–H groups in total. The van der Waals surface area contributed by atoms with E-state index in [9.17, 15) is 4.79 Å². The summed E-state index contributed by atoms with van der Waals surface area (Å²) in [5, 5.41) is 11.8. The molecule has 0 saturated carbocycles. The Kier molecular flexibility index (Phi) is 4.90. The van der Waals surface area contributed by atoms with Crippen molar-refractivity contribution in [1.82, 2.24) is 10.2 Å². The minimum atomic E-state index is -0.696. The van der Waals surface area contributed by atoms with Crippen molar-refractivity contribution >= 4 is 5.97 Å². The average Bonchev–Trinajstić information content (AvgIpc) is 2.17. The number of nitrogens with one attached hydrogen (secondary N) is 1. The second-order valence-corrected chi connectivity index (χ2v) is 3.89. The van der Waals surface area contributed by atoms with Crippen LogP contribution in [0.1, 0.15) is 25.7 Å². The lowest BCUT2D eigenvalue weighted by Gasteiger charge is -2.35. The van der Waals surface area contributed by atoms with Crippen molar-refractivity contribution in [1.29, 1.82) is 0 Å². The number of hydrogen-bond donors (Lipinski definition) is 2. The molecular weight excluding hydrogens is 180 g/mol. The number of likely N-dealkylation sites (tertiary alicyclic amines) is 1. The molecule has 0 spiro atoms. The van der Waals surface area contributed by atoms with Gasteiger partial charge in [-0.25, -0.2) is 0 Å². The lowest BCUT2D eigenvalue weighted by atomic mass is 10.0. The van der Waals surface area contributed by atoms with Gasteiger partial charge in [-0.2, -0.15) is 0 Å². The summed E-state index contributed by atoms with van der Waals surface area (Å²) in [4.78, 5) is 12.8. The summed E-state index contributed by atoms with van der Waals surface area (Å²) >= 11 is 0. The maximum absolute atomic E-state index is 10.5. The number of rotatable bonds is 5. The summed E-state index contributed by atoms with van der Waals surface area (Å²) in [6.07, 6.45) is 3.94. The highest BCUT2D eigenvalue weighted by Gasteiger charge is 2.21. The van der Waals surface area contributed by atoms with Crippen LogP contribution in [-0.2, 0) is 4.79 Å². The van der Waals surface area contributed by atoms with Gasteiger partial charge in [0.25, 0.3) is 0 Å². The van der Waals surface area contributed by atoms with Crippen molar-refractivity contribution in [2.75, 3.05) is 26.7 Å². The molecule has 82 valence electrons. The van der Waals surface area contributed by atoms with Gasteiger partial charge >= 0.3 is 5.97 Å². The first-order chi connectivity index (χ1) is 6.74. The van der Waals surface area contributed by atoms with Gasteiger partial charge in [0.1, 0.15) is 0 Å². The second-order valence-electron chi connectivity index (χ2n) is 3.89. The van der Waals surface area contributed by atoms with Crippen LogP contribution in [0.25, 0.3) is 0 Å². The third kappa shape index (κ3) is 3.64. The topological polar surface area (TPSA) is 52.6 Å². The molecule has 1 aliphatic rings. The molecule has 1 aliphatic heterocycles. The highest BCUT2D eigenvalue weighted by atomic mass is 16.4. The number of nitrogens with zero attached hydrogens (tertiary/aromatic N) is 1. The Morgan fingerprint density at radius 3 is 3.00 bits per heavy atom. The largest absolute Gasteiger partial charge is 0.481 e. The molecule has 4 nitrogen and oxygen atoms in total. The van der Waals surface area contributed by atoms with Crippen molar-refractivity contribution in [2.24, 2.45) is 0 Å². The van der Waals surface area contributed by atoms with E-state index in [2.05, 4.69) is 10.2 Å². The van der Waals surface area contributed by atoms with Crippen LogP contribution in [0.2, 0.25) is 0 Å². The quantitative estimate of drug-likeness (QED) is 0.680. The van der Waals surface area contributed by atoms with Crippen molar-refractivity contribution in [2.45, 2.75) is 31.7 Å². The van der Waals surface area contributed by atoms with Gasteiger partial charge in [0.05, 0.1) is 6.42 Å². The van der Waals surface area contributed by atoms with Gasteiger partial charge < -0.3 is 10.4 Å². The zero-order valence-corrected chi connectivity index (χ0v) is 8.83. The molecule has 1 heterocycles. The van der Waals surface area contributed by atoms with Gasteiger partial charge in [-0.15, -0.1) is 0 Å². The smallest absolute Gasteiger partial charge is 0.304 e. The van der Waals surface area contributed by atoms with Gasteiger partial charge in [0, 0.05) is 19.1 Å². The first-order valence-electron chi connectivity index (χ1n) is 5.34. The molecule has 0 aromatic carbocycles. The van der Waals surface area contributed by atoms with Crippen LogP contribution in [0.15, 0.2) is 0 Å². The number of aliphatic carboxylic acids is 1. The van der Waals surface area contributed by atoms with E-state index in [0.717, 1.165) is 13.1 Å². The predicted molar refractivity (Wildman–Crippen MR) is 55.4 cm³/mol. The van der Waals surface area contributed by atoms with E-state index in [4.69, 9.17) is 5.11 Å². The van der Waals surface area contributed by atoms with Gasteiger partial charge in [-0.05, 0) is 26.4 Å². The molecule has 4 heteroatoms. The Hall–Kier alpha value is -0.610. The third-order valence-corrected chi connectivity index (χ3v) is 2.80. The fourth-order valence-corrected chi connectivity index (χ4v) is 2.06. The molecule has 1 atom stereocenters. The van der Waals surface area contributed by atoms with Crippen molar-refractivity contribution in [3.05, 3.63) is 0 Å². The predicted octanol–water partition coefficient (Wildman–Crippen LogP) is 0.535. The first-order valence-corrected chi connectivity index (χ1v) is 5.34. The monoisotopic (exact) mass is 200 g/mol. The van der Waals surface area contributed by atoms with Crippen LogP contribution < -0.4 is 5.32 Å². The summed E-state index contributed by atoms with van der Waals surface area (Å²) < 4.78 is 0. The molecule has 1 fully saturated rings.